The van der Waals surface area contributed by atoms with Crippen LogP contribution in [0.1, 0.15) is 37.9 Å². The van der Waals surface area contributed by atoms with Crippen LogP contribution in [0.15, 0.2) is 41.3 Å². The number of hydrogen-bond donors (Lipinski definition) is 3. The molecule has 2 aromatic carbocycles. The van der Waals surface area contributed by atoms with E-state index in [1.165, 1.54) is 24.3 Å². The van der Waals surface area contributed by atoms with Crippen LogP contribution in [0.2, 0.25) is 5.02 Å². The fourth-order valence-corrected chi connectivity index (χ4v) is 4.46. The molecule has 10 heteroatoms. The molecule has 3 rings (SSSR count). The summed E-state index contributed by atoms with van der Waals surface area (Å²) in [6.07, 6.45) is 2.45. The Kier molecular flexibility index (Phi) is 7.30. The lowest BCUT2D eigenvalue weighted by molar-refractivity contribution is 0.0154. The van der Waals surface area contributed by atoms with Crippen molar-refractivity contribution in [2.24, 2.45) is 0 Å². The number of benzene rings is 2. The molecule has 0 bridgehead atoms. The summed E-state index contributed by atoms with van der Waals surface area (Å²) in [5.41, 5.74) is 1.31. The third-order valence-electron chi connectivity index (χ3n) is 4.62. The van der Waals surface area contributed by atoms with Crippen molar-refractivity contribution in [1.29, 1.82) is 0 Å². The summed E-state index contributed by atoms with van der Waals surface area (Å²) in [5, 5.41) is 5.13. The van der Waals surface area contributed by atoms with Crippen LogP contribution in [0.25, 0.3) is 0 Å². The van der Waals surface area contributed by atoms with Gasteiger partial charge < -0.3 is 15.4 Å². The molecule has 0 aliphatic carbocycles. The van der Waals surface area contributed by atoms with Crippen molar-refractivity contribution < 1.29 is 22.3 Å². The van der Waals surface area contributed by atoms with Gasteiger partial charge in [-0.05, 0) is 49.6 Å². The second-order valence-electron chi connectivity index (χ2n) is 6.81. The number of amides is 2. The predicted molar refractivity (Wildman–Crippen MR) is 114 cm³/mol. The summed E-state index contributed by atoms with van der Waals surface area (Å²) in [5.74, 6) is -0.597. The highest BCUT2D eigenvalue weighted by atomic mass is 35.5. The first-order valence-electron chi connectivity index (χ1n) is 9.58. The zero-order chi connectivity index (χ0) is 21.7. The van der Waals surface area contributed by atoms with Gasteiger partial charge in [0.25, 0.3) is 0 Å². The van der Waals surface area contributed by atoms with E-state index in [1.807, 2.05) is 0 Å². The van der Waals surface area contributed by atoms with Crippen molar-refractivity contribution in [3.05, 3.63) is 52.8 Å². The Balaban J connectivity index is 1.88. The summed E-state index contributed by atoms with van der Waals surface area (Å²) < 4.78 is 46.4. The molecule has 2 aromatic rings. The second-order valence-corrected chi connectivity index (χ2v) is 8.99. The Labute approximate surface area is 180 Å². The predicted octanol–water partition coefficient (Wildman–Crippen LogP) is 4.66. The topological polar surface area (TPSA) is 96.5 Å². The molecule has 1 heterocycles. The molecule has 1 atom stereocenters. The van der Waals surface area contributed by atoms with Crippen LogP contribution >= 0.6 is 11.6 Å². The molecule has 1 aliphatic heterocycles. The largest absolute Gasteiger partial charge is 0.373 e. The van der Waals surface area contributed by atoms with Gasteiger partial charge in [0, 0.05) is 30.1 Å². The Morgan fingerprint density at radius 2 is 2.00 bits per heavy atom. The van der Waals surface area contributed by atoms with Gasteiger partial charge >= 0.3 is 6.03 Å². The van der Waals surface area contributed by atoms with Gasteiger partial charge in [-0.25, -0.2) is 22.3 Å². The maximum absolute atomic E-state index is 13.3. The van der Waals surface area contributed by atoms with E-state index in [-0.39, 0.29) is 22.6 Å². The third-order valence-corrected chi connectivity index (χ3v) is 6.45. The number of rotatable bonds is 6. The average Bonchev–Trinajstić information content (AvgIpc) is 2.71. The van der Waals surface area contributed by atoms with Crippen LogP contribution in [0.3, 0.4) is 0 Å². The van der Waals surface area contributed by atoms with E-state index < -0.39 is 21.9 Å². The molecule has 1 unspecified atom stereocenters. The lowest BCUT2D eigenvalue weighted by Gasteiger charge is -2.25. The molecule has 0 radical (unpaired) electrons. The molecule has 1 aliphatic rings. The number of anilines is 2. The Bertz CT molecular complexity index is 1030. The van der Waals surface area contributed by atoms with E-state index in [1.54, 1.807) is 13.0 Å². The fraction of sp³-hybridized carbons (Fsp3) is 0.350. The van der Waals surface area contributed by atoms with E-state index in [0.29, 0.717) is 23.5 Å². The summed E-state index contributed by atoms with van der Waals surface area (Å²) >= 11 is 5.75. The molecule has 0 aromatic heterocycles. The molecule has 1 fully saturated rings. The van der Waals surface area contributed by atoms with Crippen LogP contribution in [-0.4, -0.2) is 27.6 Å². The molecule has 162 valence electrons. The monoisotopic (exact) mass is 455 g/mol. The van der Waals surface area contributed by atoms with E-state index >= 15 is 0 Å². The number of carbonyl (C=O) groups excluding carboxylic acids is 1. The zero-order valence-corrected chi connectivity index (χ0v) is 17.9. The fourth-order valence-electron chi connectivity index (χ4n) is 3.21. The normalized spacial score (nSPS) is 16.8. The standard InChI is InChI=1S/C20H23ClFN3O4S/c1-2-23-30(27,28)14-7-8-15(19-5-3-4-10-29-19)18(12-14)25-20(26)24-13-6-9-17(22)16(21)11-13/h6-9,11-12,19,23H,2-5,10H2,1H3,(H2,24,25,26). The Morgan fingerprint density at radius 3 is 2.67 bits per heavy atom. The summed E-state index contributed by atoms with van der Waals surface area (Å²) in [4.78, 5) is 12.6. The highest BCUT2D eigenvalue weighted by Gasteiger charge is 2.23. The maximum Gasteiger partial charge on any atom is 0.323 e. The van der Waals surface area contributed by atoms with E-state index in [9.17, 15) is 17.6 Å². The SMILES string of the molecule is CCNS(=O)(=O)c1ccc(C2CCCCO2)c(NC(=O)Nc2ccc(F)c(Cl)c2)c1. The highest BCUT2D eigenvalue weighted by molar-refractivity contribution is 7.89. The Morgan fingerprint density at radius 1 is 1.20 bits per heavy atom. The van der Waals surface area contributed by atoms with Crippen LogP contribution < -0.4 is 15.4 Å². The first-order valence-corrected chi connectivity index (χ1v) is 11.4. The molecule has 0 saturated carbocycles. The van der Waals surface area contributed by atoms with Gasteiger partial charge in [-0.15, -0.1) is 0 Å². The lowest BCUT2D eigenvalue weighted by Crippen LogP contribution is -2.25. The van der Waals surface area contributed by atoms with Crippen LogP contribution in [0.4, 0.5) is 20.6 Å². The van der Waals surface area contributed by atoms with Gasteiger partial charge in [0.1, 0.15) is 5.82 Å². The molecular formula is C20H23ClFN3O4S. The van der Waals surface area contributed by atoms with Gasteiger partial charge in [-0.2, -0.15) is 0 Å². The first kappa shape index (κ1) is 22.5. The minimum Gasteiger partial charge on any atom is -0.373 e. The number of ether oxygens (including phenoxy) is 1. The van der Waals surface area contributed by atoms with Crippen LogP contribution in [0, 0.1) is 5.82 Å². The summed E-state index contributed by atoms with van der Waals surface area (Å²) in [6, 6.07) is 7.74. The number of hydrogen-bond acceptors (Lipinski definition) is 4. The van der Waals surface area contributed by atoms with Crippen molar-refractivity contribution in [2.45, 2.75) is 37.2 Å². The molecule has 7 nitrogen and oxygen atoms in total. The second kappa shape index (κ2) is 9.74. The van der Waals surface area contributed by atoms with Crippen LogP contribution in [-0.2, 0) is 14.8 Å². The van der Waals surface area contributed by atoms with E-state index in [2.05, 4.69) is 15.4 Å². The number of carbonyl (C=O) groups is 1. The van der Waals surface area contributed by atoms with Crippen molar-refractivity contribution in [1.82, 2.24) is 4.72 Å². The van der Waals surface area contributed by atoms with Crippen molar-refractivity contribution >= 4 is 39.0 Å². The number of sulfonamides is 1. The highest BCUT2D eigenvalue weighted by Crippen LogP contribution is 2.34. The van der Waals surface area contributed by atoms with Crippen LogP contribution in [0.5, 0.6) is 0 Å². The number of urea groups is 1. The molecule has 1 saturated heterocycles. The third kappa shape index (κ3) is 5.48. The van der Waals surface area contributed by atoms with E-state index in [0.717, 1.165) is 25.3 Å². The summed E-state index contributed by atoms with van der Waals surface area (Å²) in [6.45, 7) is 2.52. The summed E-state index contributed by atoms with van der Waals surface area (Å²) in [7, 11) is -3.71. The van der Waals surface area contributed by atoms with Gasteiger partial charge in [-0.1, -0.05) is 24.6 Å². The van der Waals surface area contributed by atoms with E-state index in [4.69, 9.17) is 16.3 Å². The smallest absolute Gasteiger partial charge is 0.323 e. The number of halogens is 2. The van der Waals surface area contributed by atoms with Crippen molar-refractivity contribution in [3.63, 3.8) is 0 Å². The molecule has 3 N–H and O–H groups in total. The van der Waals surface area contributed by atoms with Gasteiger partial charge in [0.2, 0.25) is 10.0 Å². The van der Waals surface area contributed by atoms with Gasteiger partial charge in [0.15, 0.2) is 0 Å². The minimum absolute atomic E-state index is 0.0315. The zero-order valence-electron chi connectivity index (χ0n) is 16.4. The van der Waals surface area contributed by atoms with Gasteiger partial charge in [0.05, 0.1) is 16.0 Å². The minimum atomic E-state index is -3.71. The molecule has 2 amide bonds. The maximum atomic E-state index is 13.3. The molecule has 0 spiro atoms. The average molecular weight is 456 g/mol. The van der Waals surface area contributed by atoms with Crippen molar-refractivity contribution in [3.8, 4) is 0 Å². The first-order chi connectivity index (χ1) is 14.3. The Hall–Kier alpha value is -2.20. The van der Waals surface area contributed by atoms with Crippen molar-refractivity contribution in [2.75, 3.05) is 23.8 Å². The lowest BCUT2D eigenvalue weighted by atomic mass is 10.00. The molecular weight excluding hydrogens is 433 g/mol. The van der Waals surface area contributed by atoms with Gasteiger partial charge in [-0.3, -0.25) is 0 Å². The quantitative estimate of drug-likeness (QED) is 0.590. The molecule has 30 heavy (non-hydrogen) atoms. The number of nitrogens with one attached hydrogen (secondary N) is 3.